The van der Waals surface area contributed by atoms with E-state index >= 15 is 0 Å². The van der Waals surface area contributed by atoms with E-state index in [9.17, 15) is 0 Å². The second kappa shape index (κ2) is 6.21. The Labute approximate surface area is 108 Å². The van der Waals surface area contributed by atoms with Crippen LogP contribution in [-0.4, -0.2) is 27.8 Å². The smallest absolute Gasteiger partial charge is 0.127 e. The van der Waals surface area contributed by atoms with Gasteiger partial charge in [0.05, 0.1) is 6.54 Å². The fourth-order valence-corrected chi connectivity index (χ4v) is 1.92. The van der Waals surface area contributed by atoms with Gasteiger partial charge in [-0.25, -0.2) is 4.98 Å². The number of rotatable bonds is 6. The topological polar surface area (TPSA) is 41.3 Å². The Kier molecular flexibility index (Phi) is 4.36. The first-order chi connectivity index (χ1) is 8.81. The molecule has 0 aliphatic carbocycles. The number of para-hydroxylation sites is 1. The highest BCUT2D eigenvalue weighted by atomic mass is 16.3. The summed E-state index contributed by atoms with van der Waals surface area (Å²) < 4.78 is 2.02. The van der Waals surface area contributed by atoms with Gasteiger partial charge in [-0.05, 0) is 18.6 Å². The molecule has 0 amide bonds. The summed E-state index contributed by atoms with van der Waals surface area (Å²) in [4.78, 5) is 6.58. The van der Waals surface area contributed by atoms with E-state index < -0.39 is 0 Å². The molecule has 1 N–H and O–H groups in total. The summed E-state index contributed by atoms with van der Waals surface area (Å²) in [6, 6.07) is 10.2. The van der Waals surface area contributed by atoms with Crippen LogP contribution in [0.25, 0.3) is 0 Å². The van der Waals surface area contributed by atoms with Crippen molar-refractivity contribution in [3.8, 4) is 0 Å². The Morgan fingerprint density at radius 3 is 2.67 bits per heavy atom. The quantitative estimate of drug-likeness (QED) is 0.844. The molecular weight excluding hydrogens is 226 g/mol. The van der Waals surface area contributed by atoms with Gasteiger partial charge in [0.2, 0.25) is 0 Å². The van der Waals surface area contributed by atoms with Crippen LogP contribution in [0.15, 0.2) is 42.7 Å². The van der Waals surface area contributed by atoms with Gasteiger partial charge in [0.15, 0.2) is 0 Å². The van der Waals surface area contributed by atoms with Crippen LogP contribution in [0.1, 0.15) is 12.2 Å². The molecule has 0 saturated carbocycles. The van der Waals surface area contributed by atoms with Crippen LogP contribution in [0.5, 0.6) is 0 Å². The number of aromatic nitrogens is 2. The zero-order valence-electron chi connectivity index (χ0n) is 10.7. The van der Waals surface area contributed by atoms with E-state index in [0.717, 1.165) is 31.0 Å². The van der Waals surface area contributed by atoms with E-state index in [1.165, 1.54) is 0 Å². The van der Waals surface area contributed by atoms with E-state index in [4.69, 9.17) is 5.11 Å². The van der Waals surface area contributed by atoms with Crippen LogP contribution < -0.4 is 4.90 Å². The third-order valence-corrected chi connectivity index (χ3v) is 2.96. The number of benzene rings is 1. The summed E-state index contributed by atoms with van der Waals surface area (Å²) in [6.07, 6.45) is 4.52. The summed E-state index contributed by atoms with van der Waals surface area (Å²) in [6.45, 7) is 1.80. The molecule has 2 rings (SSSR count). The van der Waals surface area contributed by atoms with Crippen molar-refractivity contribution in [2.45, 2.75) is 13.0 Å². The summed E-state index contributed by atoms with van der Waals surface area (Å²) in [5, 5.41) is 9.00. The standard InChI is InChI=1S/C14H19N3O/c1-16-10-8-15-14(16)12-17(9-5-11-18)13-6-3-2-4-7-13/h2-4,6-8,10,18H,5,9,11-12H2,1H3. The number of nitrogens with zero attached hydrogens (tertiary/aromatic N) is 3. The SMILES string of the molecule is Cn1ccnc1CN(CCCO)c1ccccc1. The van der Waals surface area contributed by atoms with Crippen molar-refractivity contribution in [2.75, 3.05) is 18.1 Å². The van der Waals surface area contributed by atoms with Crippen molar-refractivity contribution in [1.82, 2.24) is 9.55 Å². The van der Waals surface area contributed by atoms with Crippen molar-refractivity contribution >= 4 is 5.69 Å². The van der Waals surface area contributed by atoms with Gasteiger partial charge in [-0.3, -0.25) is 0 Å². The fraction of sp³-hybridized carbons (Fsp3) is 0.357. The molecule has 1 aromatic heterocycles. The number of imidazole rings is 1. The van der Waals surface area contributed by atoms with Gasteiger partial charge in [0.1, 0.15) is 5.82 Å². The summed E-state index contributed by atoms with van der Waals surface area (Å²) in [7, 11) is 2.00. The van der Waals surface area contributed by atoms with Gasteiger partial charge in [-0.2, -0.15) is 0 Å². The van der Waals surface area contributed by atoms with Crippen molar-refractivity contribution < 1.29 is 5.11 Å². The largest absolute Gasteiger partial charge is 0.396 e. The minimum atomic E-state index is 0.212. The van der Waals surface area contributed by atoms with Gasteiger partial charge in [0, 0.05) is 38.3 Å². The monoisotopic (exact) mass is 245 g/mol. The third kappa shape index (κ3) is 3.11. The van der Waals surface area contributed by atoms with Crippen LogP contribution in [-0.2, 0) is 13.6 Å². The Morgan fingerprint density at radius 2 is 2.06 bits per heavy atom. The highest BCUT2D eigenvalue weighted by Crippen LogP contribution is 2.16. The minimum Gasteiger partial charge on any atom is -0.396 e. The lowest BCUT2D eigenvalue weighted by Crippen LogP contribution is -2.26. The van der Waals surface area contributed by atoms with Crippen molar-refractivity contribution in [3.63, 3.8) is 0 Å². The first kappa shape index (κ1) is 12.6. The average Bonchev–Trinajstić information content (AvgIpc) is 2.81. The lowest BCUT2D eigenvalue weighted by molar-refractivity contribution is 0.289. The molecule has 1 aromatic carbocycles. The Bertz CT molecular complexity index is 467. The van der Waals surface area contributed by atoms with Gasteiger partial charge in [-0.1, -0.05) is 18.2 Å². The Balaban J connectivity index is 2.13. The normalized spacial score (nSPS) is 10.6. The molecule has 0 aliphatic rings. The highest BCUT2D eigenvalue weighted by Gasteiger charge is 2.09. The maximum Gasteiger partial charge on any atom is 0.127 e. The van der Waals surface area contributed by atoms with Crippen LogP contribution in [0, 0.1) is 0 Å². The average molecular weight is 245 g/mol. The maximum atomic E-state index is 9.00. The van der Waals surface area contributed by atoms with Crippen molar-refractivity contribution in [2.24, 2.45) is 7.05 Å². The molecule has 0 unspecified atom stereocenters. The molecule has 0 radical (unpaired) electrons. The van der Waals surface area contributed by atoms with Crippen molar-refractivity contribution in [3.05, 3.63) is 48.5 Å². The second-order valence-electron chi connectivity index (χ2n) is 4.29. The van der Waals surface area contributed by atoms with E-state index in [0.29, 0.717) is 0 Å². The first-order valence-electron chi connectivity index (χ1n) is 6.18. The highest BCUT2D eigenvalue weighted by molar-refractivity contribution is 5.45. The molecule has 2 aromatic rings. The molecule has 0 atom stereocenters. The number of anilines is 1. The van der Waals surface area contributed by atoms with Crippen LogP contribution >= 0.6 is 0 Å². The molecule has 4 heteroatoms. The van der Waals surface area contributed by atoms with Crippen LogP contribution in [0.3, 0.4) is 0 Å². The zero-order valence-corrected chi connectivity index (χ0v) is 10.7. The Hall–Kier alpha value is -1.81. The molecular formula is C14H19N3O. The molecule has 1 heterocycles. The number of aryl methyl sites for hydroxylation is 1. The molecule has 0 aliphatic heterocycles. The van der Waals surface area contributed by atoms with Gasteiger partial charge < -0.3 is 14.6 Å². The van der Waals surface area contributed by atoms with Crippen LogP contribution in [0.2, 0.25) is 0 Å². The lowest BCUT2D eigenvalue weighted by atomic mass is 10.2. The molecule has 0 bridgehead atoms. The molecule has 18 heavy (non-hydrogen) atoms. The lowest BCUT2D eigenvalue weighted by Gasteiger charge is -2.24. The van der Waals surface area contributed by atoms with Gasteiger partial charge in [0.25, 0.3) is 0 Å². The molecule has 0 fully saturated rings. The van der Waals surface area contributed by atoms with E-state index in [1.807, 2.05) is 42.2 Å². The number of hydrogen-bond donors (Lipinski definition) is 1. The van der Waals surface area contributed by atoms with Crippen LogP contribution in [0.4, 0.5) is 5.69 Å². The predicted molar refractivity (Wildman–Crippen MR) is 72.4 cm³/mol. The summed E-state index contributed by atoms with van der Waals surface area (Å²) in [5.74, 6) is 1.02. The third-order valence-electron chi connectivity index (χ3n) is 2.96. The van der Waals surface area contributed by atoms with E-state index in [-0.39, 0.29) is 6.61 Å². The van der Waals surface area contributed by atoms with Crippen molar-refractivity contribution in [1.29, 1.82) is 0 Å². The summed E-state index contributed by atoms with van der Waals surface area (Å²) in [5.41, 5.74) is 1.16. The number of aliphatic hydroxyl groups excluding tert-OH is 1. The van der Waals surface area contributed by atoms with E-state index in [1.54, 1.807) is 0 Å². The first-order valence-corrected chi connectivity index (χ1v) is 6.18. The van der Waals surface area contributed by atoms with Gasteiger partial charge in [-0.15, -0.1) is 0 Å². The van der Waals surface area contributed by atoms with E-state index in [2.05, 4.69) is 22.0 Å². The fourth-order valence-electron chi connectivity index (χ4n) is 1.92. The molecule has 96 valence electrons. The summed E-state index contributed by atoms with van der Waals surface area (Å²) >= 11 is 0. The number of aliphatic hydroxyl groups is 1. The molecule has 4 nitrogen and oxygen atoms in total. The second-order valence-corrected chi connectivity index (χ2v) is 4.29. The predicted octanol–water partition coefficient (Wildman–Crippen LogP) is 1.81. The minimum absolute atomic E-state index is 0.212. The maximum absolute atomic E-state index is 9.00. The zero-order chi connectivity index (χ0) is 12.8. The molecule has 0 spiro atoms. The van der Waals surface area contributed by atoms with Gasteiger partial charge >= 0.3 is 0 Å². The molecule has 0 saturated heterocycles. The number of hydrogen-bond acceptors (Lipinski definition) is 3. The Morgan fingerprint density at radius 1 is 1.28 bits per heavy atom.